The number of rotatable bonds is 2. The molecule has 0 saturated carbocycles. The largest absolute Gasteiger partial charge is 0.475 e. The smallest absolute Gasteiger partial charge is 0.375 e. The molecule has 0 radical (unpaired) electrons. The third-order valence-corrected chi connectivity index (χ3v) is 1.92. The van der Waals surface area contributed by atoms with Crippen LogP contribution >= 0.6 is 0 Å². The maximum absolute atomic E-state index is 10.6. The van der Waals surface area contributed by atoms with Gasteiger partial charge in [0.25, 0.3) is 5.82 Å². The molecule has 0 saturated heterocycles. The van der Waals surface area contributed by atoms with E-state index in [0.29, 0.717) is 11.3 Å². The first-order valence-electron chi connectivity index (χ1n) is 4.36. The van der Waals surface area contributed by atoms with Gasteiger partial charge in [0.05, 0.1) is 17.3 Å². The standard InChI is InChI=1S/C10H6N4O2/c11-5-7-2-1-3-8(4-7)14-6-12-9(13-14)10(15)16/h1-4,6H,(H,15,16). The molecule has 2 aromatic rings. The summed E-state index contributed by atoms with van der Waals surface area (Å²) in [7, 11) is 0. The van der Waals surface area contributed by atoms with Gasteiger partial charge in [-0.15, -0.1) is 5.10 Å². The van der Waals surface area contributed by atoms with Gasteiger partial charge in [-0.05, 0) is 18.2 Å². The summed E-state index contributed by atoms with van der Waals surface area (Å²) in [6.45, 7) is 0. The van der Waals surface area contributed by atoms with Crippen molar-refractivity contribution >= 4 is 5.97 Å². The number of hydrogen-bond acceptors (Lipinski definition) is 4. The predicted octanol–water partition coefficient (Wildman–Crippen LogP) is 0.837. The molecule has 78 valence electrons. The molecular formula is C10H6N4O2. The van der Waals surface area contributed by atoms with Gasteiger partial charge in [-0.1, -0.05) is 6.07 Å². The fourth-order valence-corrected chi connectivity index (χ4v) is 1.20. The van der Waals surface area contributed by atoms with Crippen molar-refractivity contribution in [2.45, 2.75) is 0 Å². The summed E-state index contributed by atoms with van der Waals surface area (Å²) in [5.41, 5.74) is 1.07. The van der Waals surface area contributed by atoms with Crippen molar-refractivity contribution in [3.63, 3.8) is 0 Å². The number of aromatic nitrogens is 3. The van der Waals surface area contributed by atoms with Crippen molar-refractivity contribution in [3.8, 4) is 11.8 Å². The van der Waals surface area contributed by atoms with Crippen LogP contribution in [-0.4, -0.2) is 25.8 Å². The number of carboxylic acids is 1. The molecule has 6 nitrogen and oxygen atoms in total. The van der Waals surface area contributed by atoms with Crippen LogP contribution in [0.3, 0.4) is 0 Å². The van der Waals surface area contributed by atoms with Crippen LogP contribution in [-0.2, 0) is 0 Å². The summed E-state index contributed by atoms with van der Waals surface area (Å²) >= 11 is 0. The van der Waals surface area contributed by atoms with Crippen molar-refractivity contribution in [2.75, 3.05) is 0 Å². The molecule has 0 spiro atoms. The Balaban J connectivity index is 2.43. The van der Waals surface area contributed by atoms with Crippen molar-refractivity contribution in [1.82, 2.24) is 14.8 Å². The van der Waals surface area contributed by atoms with E-state index in [1.165, 1.54) is 11.0 Å². The van der Waals surface area contributed by atoms with Gasteiger partial charge in [0.15, 0.2) is 0 Å². The highest BCUT2D eigenvalue weighted by Gasteiger charge is 2.09. The Labute approximate surface area is 90.4 Å². The van der Waals surface area contributed by atoms with Crippen LogP contribution in [0.4, 0.5) is 0 Å². The first kappa shape index (κ1) is 9.86. The molecule has 1 N–H and O–H groups in total. The van der Waals surface area contributed by atoms with E-state index in [9.17, 15) is 4.79 Å². The molecule has 1 aromatic carbocycles. The van der Waals surface area contributed by atoms with E-state index in [4.69, 9.17) is 10.4 Å². The van der Waals surface area contributed by atoms with Crippen molar-refractivity contribution < 1.29 is 9.90 Å². The van der Waals surface area contributed by atoms with Crippen LogP contribution in [0.1, 0.15) is 16.2 Å². The minimum atomic E-state index is -1.19. The lowest BCUT2D eigenvalue weighted by molar-refractivity contribution is 0.0683. The second-order valence-corrected chi connectivity index (χ2v) is 2.98. The first-order chi connectivity index (χ1) is 7.70. The molecule has 0 aliphatic carbocycles. The van der Waals surface area contributed by atoms with Crippen molar-refractivity contribution in [2.24, 2.45) is 0 Å². The molecule has 0 atom stereocenters. The Kier molecular flexibility index (Phi) is 2.36. The number of hydrogen-bond donors (Lipinski definition) is 1. The van der Waals surface area contributed by atoms with Gasteiger partial charge in [-0.25, -0.2) is 14.5 Å². The van der Waals surface area contributed by atoms with Crippen LogP contribution < -0.4 is 0 Å². The summed E-state index contributed by atoms with van der Waals surface area (Å²) < 4.78 is 1.31. The second-order valence-electron chi connectivity index (χ2n) is 2.98. The van der Waals surface area contributed by atoms with Crippen LogP contribution in [0.25, 0.3) is 5.69 Å². The van der Waals surface area contributed by atoms with E-state index in [1.54, 1.807) is 24.3 Å². The molecule has 0 unspecified atom stereocenters. The number of carbonyl (C=O) groups is 1. The average molecular weight is 214 g/mol. The third-order valence-electron chi connectivity index (χ3n) is 1.92. The van der Waals surface area contributed by atoms with E-state index >= 15 is 0 Å². The van der Waals surface area contributed by atoms with Crippen molar-refractivity contribution in [1.29, 1.82) is 5.26 Å². The molecule has 6 heteroatoms. The summed E-state index contributed by atoms with van der Waals surface area (Å²) in [5, 5.41) is 21.1. The molecule has 1 aromatic heterocycles. The van der Waals surface area contributed by atoms with Gasteiger partial charge in [-0.3, -0.25) is 0 Å². The Morgan fingerprint density at radius 3 is 2.94 bits per heavy atom. The number of nitriles is 1. The predicted molar refractivity (Wildman–Crippen MR) is 53.0 cm³/mol. The molecule has 0 aliphatic heterocycles. The first-order valence-corrected chi connectivity index (χ1v) is 4.36. The Morgan fingerprint density at radius 2 is 2.31 bits per heavy atom. The van der Waals surface area contributed by atoms with Crippen LogP contribution in [0.2, 0.25) is 0 Å². The zero-order chi connectivity index (χ0) is 11.5. The zero-order valence-electron chi connectivity index (χ0n) is 8.03. The quantitative estimate of drug-likeness (QED) is 0.799. The normalized spacial score (nSPS) is 9.69. The third kappa shape index (κ3) is 1.74. The molecule has 1 heterocycles. The summed E-state index contributed by atoms with van der Waals surface area (Å²) in [6.07, 6.45) is 1.29. The molecule has 0 fully saturated rings. The lowest BCUT2D eigenvalue weighted by Crippen LogP contribution is -2.01. The van der Waals surface area contributed by atoms with E-state index in [2.05, 4.69) is 10.1 Å². The molecule has 0 aliphatic rings. The summed E-state index contributed by atoms with van der Waals surface area (Å²) in [6, 6.07) is 8.64. The fraction of sp³-hybridized carbons (Fsp3) is 0. The van der Waals surface area contributed by atoms with E-state index in [-0.39, 0.29) is 5.82 Å². The molecule has 2 rings (SSSR count). The average Bonchev–Trinajstić information content (AvgIpc) is 2.78. The number of benzene rings is 1. The Morgan fingerprint density at radius 1 is 1.50 bits per heavy atom. The highest BCUT2D eigenvalue weighted by atomic mass is 16.4. The summed E-state index contributed by atoms with van der Waals surface area (Å²) in [4.78, 5) is 14.2. The van der Waals surface area contributed by atoms with E-state index < -0.39 is 5.97 Å². The SMILES string of the molecule is N#Cc1cccc(-n2cnc(C(=O)O)n2)c1. The molecular weight excluding hydrogens is 208 g/mol. The lowest BCUT2D eigenvalue weighted by atomic mass is 10.2. The van der Waals surface area contributed by atoms with Crippen molar-refractivity contribution in [3.05, 3.63) is 42.0 Å². The minimum absolute atomic E-state index is 0.276. The fourth-order valence-electron chi connectivity index (χ4n) is 1.20. The summed E-state index contributed by atoms with van der Waals surface area (Å²) in [5.74, 6) is -1.46. The minimum Gasteiger partial charge on any atom is -0.475 e. The number of nitrogens with zero attached hydrogens (tertiary/aromatic N) is 4. The maximum Gasteiger partial charge on any atom is 0.375 e. The van der Waals surface area contributed by atoms with Gasteiger partial charge >= 0.3 is 5.97 Å². The Hall–Kier alpha value is -2.68. The van der Waals surface area contributed by atoms with Crippen LogP contribution in [0.15, 0.2) is 30.6 Å². The van der Waals surface area contributed by atoms with E-state index in [0.717, 1.165) is 0 Å². The van der Waals surface area contributed by atoms with Gasteiger partial charge in [0.1, 0.15) is 6.33 Å². The molecule has 0 bridgehead atoms. The van der Waals surface area contributed by atoms with Crippen LogP contribution in [0, 0.1) is 11.3 Å². The van der Waals surface area contributed by atoms with Gasteiger partial charge in [0, 0.05) is 0 Å². The second kappa shape index (κ2) is 3.82. The van der Waals surface area contributed by atoms with Crippen LogP contribution in [0.5, 0.6) is 0 Å². The van der Waals surface area contributed by atoms with E-state index in [1.807, 2.05) is 6.07 Å². The maximum atomic E-state index is 10.6. The molecule has 16 heavy (non-hydrogen) atoms. The highest BCUT2D eigenvalue weighted by Crippen LogP contribution is 2.08. The highest BCUT2D eigenvalue weighted by molar-refractivity contribution is 5.82. The van der Waals surface area contributed by atoms with Gasteiger partial charge in [-0.2, -0.15) is 5.26 Å². The lowest BCUT2D eigenvalue weighted by Gasteiger charge is -1.99. The monoisotopic (exact) mass is 214 g/mol. The van der Waals surface area contributed by atoms with Gasteiger partial charge in [0.2, 0.25) is 0 Å². The molecule has 0 amide bonds. The Bertz CT molecular complexity index is 583. The number of aromatic carboxylic acids is 1. The topological polar surface area (TPSA) is 91.8 Å². The number of carboxylic acid groups (broad SMARTS) is 1. The zero-order valence-corrected chi connectivity index (χ0v) is 8.03. The van der Waals surface area contributed by atoms with Gasteiger partial charge < -0.3 is 5.11 Å².